The molecule has 1 aliphatic carbocycles. The Kier molecular flexibility index (Phi) is 6.24. The van der Waals surface area contributed by atoms with Gasteiger partial charge in [0.1, 0.15) is 0 Å². The van der Waals surface area contributed by atoms with E-state index in [4.69, 9.17) is 0 Å². The fourth-order valence-corrected chi connectivity index (χ4v) is 6.77. The van der Waals surface area contributed by atoms with E-state index in [0.29, 0.717) is 24.0 Å². The van der Waals surface area contributed by atoms with Gasteiger partial charge in [-0.3, -0.25) is 0 Å². The molecule has 0 radical (unpaired) electrons. The van der Waals surface area contributed by atoms with Crippen molar-refractivity contribution >= 4 is 20.0 Å². The van der Waals surface area contributed by atoms with Gasteiger partial charge in [0, 0.05) is 12.1 Å². The van der Waals surface area contributed by atoms with Gasteiger partial charge in [0.25, 0.3) is 0 Å². The van der Waals surface area contributed by atoms with E-state index >= 15 is 0 Å². The van der Waals surface area contributed by atoms with Crippen LogP contribution in [0.2, 0.25) is 0 Å². The largest absolute Gasteiger partial charge is 0.241 e. The van der Waals surface area contributed by atoms with E-state index in [9.17, 15) is 16.8 Å². The van der Waals surface area contributed by atoms with E-state index in [1.54, 1.807) is 62.4 Å². The molecular weight excluding hydrogens is 396 g/mol. The number of hydrogen-bond donors (Lipinski definition) is 2. The summed E-state index contributed by atoms with van der Waals surface area (Å²) < 4.78 is 56.9. The van der Waals surface area contributed by atoms with Crippen molar-refractivity contribution in [1.82, 2.24) is 9.44 Å². The molecule has 0 saturated heterocycles. The standard InChI is InChI=1S/C20H26N2O4S2/c1-15-9-3-7-13-19(15)27(23,24)21-17-11-5-6-12-18(17)22-28(25,26)20-14-8-4-10-16(20)2/h3-4,7-10,13-14,17-18,21-22H,5-6,11-12H2,1-2H3/t17-,18+. The average Bonchev–Trinajstić information content (AvgIpc) is 2.63. The number of sulfonamides is 2. The highest BCUT2D eigenvalue weighted by molar-refractivity contribution is 7.90. The Hall–Kier alpha value is -1.74. The van der Waals surface area contributed by atoms with Crippen LogP contribution in [0.4, 0.5) is 0 Å². The average molecular weight is 423 g/mol. The van der Waals surface area contributed by atoms with Crippen LogP contribution in [-0.2, 0) is 20.0 Å². The molecule has 152 valence electrons. The quantitative estimate of drug-likeness (QED) is 0.749. The Balaban J connectivity index is 1.83. The van der Waals surface area contributed by atoms with Crippen LogP contribution < -0.4 is 9.44 Å². The lowest BCUT2D eigenvalue weighted by Gasteiger charge is -2.32. The minimum absolute atomic E-state index is 0.223. The number of benzene rings is 2. The predicted octanol–water partition coefficient (Wildman–Crippen LogP) is 2.87. The van der Waals surface area contributed by atoms with Crippen molar-refractivity contribution in [3.8, 4) is 0 Å². The first-order chi connectivity index (χ1) is 13.2. The first-order valence-electron chi connectivity index (χ1n) is 9.37. The van der Waals surface area contributed by atoms with Crippen LogP contribution in [0.15, 0.2) is 58.3 Å². The summed E-state index contributed by atoms with van der Waals surface area (Å²) in [6.45, 7) is 3.49. The van der Waals surface area contributed by atoms with E-state index in [1.165, 1.54) is 0 Å². The first kappa shape index (κ1) is 21.0. The van der Waals surface area contributed by atoms with E-state index in [0.717, 1.165) is 12.8 Å². The molecule has 1 fully saturated rings. The maximum Gasteiger partial charge on any atom is 0.241 e. The van der Waals surface area contributed by atoms with Gasteiger partial charge >= 0.3 is 0 Å². The Morgan fingerprint density at radius 2 is 1.04 bits per heavy atom. The minimum atomic E-state index is -3.74. The van der Waals surface area contributed by atoms with Crippen molar-refractivity contribution in [3.63, 3.8) is 0 Å². The molecule has 6 nitrogen and oxygen atoms in total. The van der Waals surface area contributed by atoms with Gasteiger partial charge in [-0.2, -0.15) is 0 Å². The minimum Gasteiger partial charge on any atom is -0.207 e. The smallest absolute Gasteiger partial charge is 0.207 e. The fraction of sp³-hybridized carbons (Fsp3) is 0.400. The third-order valence-electron chi connectivity index (χ3n) is 5.15. The molecule has 2 aromatic carbocycles. The summed E-state index contributed by atoms with van der Waals surface area (Å²) in [4.78, 5) is 0.446. The Bertz CT molecular complexity index is 964. The molecule has 3 rings (SSSR count). The number of rotatable bonds is 6. The molecule has 2 atom stereocenters. The summed E-state index contributed by atoms with van der Waals surface area (Å²) in [5.74, 6) is 0. The molecule has 2 aromatic rings. The summed E-state index contributed by atoms with van der Waals surface area (Å²) in [5.41, 5.74) is 1.31. The summed E-state index contributed by atoms with van der Waals surface area (Å²) in [6, 6.07) is 12.6. The Labute approximate surface area is 167 Å². The lowest BCUT2D eigenvalue weighted by atomic mass is 9.92. The van der Waals surface area contributed by atoms with Gasteiger partial charge in [-0.25, -0.2) is 26.3 Å². The van der Waals surface area contributed by atoms with Gasteiger partial charge in [-0.05, 0) is 49.9 Å². The highest BCUT2D eigenvalue weighted by atomic mass is 32.2. The van der Waals surface area contributed by atoms with Gasteiger partial charge in [0.2, 0.25) is 20.0 Å². The third kappa shape index (κ3) is 4.63. The molecule has 0 amide bonds. The van der Waals surface area contributed by atoms with Crippen LogP contribution in [0.5, 0.6) is 0 Å². The van der Waals surface area contributed by atoms with Crippen LogP contribution in [0.3, 0.4) is 0 Å². The van der Waals surface area contributed by atoms with E-state index in [2.05, 4.69) is 9.44 Å². The van der Waals surface area contributed by atoms with Gasteiger partial charge < -0.3 is 0 Å². The zero-order valence-electron chi connectivity index (χ0n) is 16.1. The maximum absolute atomic E-state index is 12.9. The second kappa shape index (κ2) is 8.32. The SMILES string of the molecule is Cc1ccccc1S(=O)(=O)N[C@H]1CCCC[C@H]1NS(=O)(=O)c1ccccc1C. The first-order valence-corrected chi connectivity index (χ1v) is 12.3. The Morgan fingerprint density at radius 3 is 1.39 bits per heavy atom. The fourth-order valence-electron chi connectivity index (χ4n) is 3.65. The van der Waals surface area contributed by atoms with Crippen LogP contribution >= 0.6 is 0 Å². The third-order valence-corrected chi connectivity index (χ3v) is 8.45. The van der Waals surface area contributed by atoms with Crippen LogP contribution in [0, 0.1) is 13.8 Å². The summed E-state index contributed by atoms with van der Waals surface area (Å²) in [6.07, 6.45) is 2.88. The van der Waals surface area contributed by atoms with Crippen molar-refractivity contribution in [2.75, 3.05) is 0 Å². The molecule has 0 spiro atoms. The van der Waals surface area contributed by atoms with E-state index < -0.39 is 32.1 Å². The van der Waals surface area contributed by atoms with Crippen molar-refractivity contribution < 1.29 is 16.8 Å². The number of hydrogen-bond acceptors (Lipinski definition) is 4. The highest BCUT2D eigenvalue weighted by Crippen LogP contribution is 2.24. The summed E-state index contributed by atoms with van der Waals surface area (Å²) in [7, 11) is -7.47. The number of aryl methyl sites for hydroxylation is 2. The molecule has 0 aromatic heterocycles. The molecule has 1 aliphatic rings. The number of nitrogens with one attached hydrogen (secondary N) is 2. The topological polar surface area (TPSA) is 92.3 Å². The highest BCUT2D eigenvalue weighted by Gasteiger charge is 2.33. The molecule has 2 N–H and O–H groups in total. The van der Waals surface area contributed by atoms with Crippen molar-refractivity contribution in [2.24, 2.45) is 0 Å². The van der Waals surface area contributed by atoms with Crippen molar-refractivity contribution in [2.45, 2.75) is 61.4 Å². The zero-order valence-corrected chi connectivity index (χ0v) is 17.7. The molecule has 0 unspecified atom stereocenters. The lowest BCUT2D eigenvalue weighted by Crippen LogP contribution is -2.53. The normalized spacial score (nSPS) is 20.8. The van der Waals surface area contributed by atoms with Crippen molar-refractivity contribution in [3.05, 3.63) is 59.7 Å². The summed E-state index contributed by atoms with van der Waals surface area (Å²) >= 11 is 0. The molecule has 8 heteroatoms. The van der Waals surface area contributed by atoms with Gasteiger partial charge in [0.05, 0.1) is 9.79 Å². The molecule has 1 saturated carbocycles. The second-order valence-corrected chi connectivity index (χ2v) is 10.6. The maximum atomic E-state index is 12.9. The molecule has 0 bridgehead atoms. The van der Waals surface area contributed by atoms with Gasteiger partial charge in [0.15, 0.2) is 0 Å². The van der Waals surface area contributed by atoms with E-state index in [1.807, 2.05) is 0 Å². The molecule has 0 heterocycles. The zero-order chi connectivity index (χ0) is 20.4. The van der Waals surface area contributed by atoms with Crippen molar-refractivity contribution in [1.29, 1.82) is 0 Å². The van der Waals surface area contributed by atoms with Crippen LogP contribution in [0.1, 0.15) is 36.8 Å². The lowest BCUT2D eigenvalue weighted by molar-refractivity contribution is 0.340. The monoisotopic (exact) mass is 422 g/mol. The second-order valence-electron chi connectivity index (χ2n) is 7.27. The van der Waals surface area contributed by atoms with Crippen LogP contribution in [-0.4, -0.2) is 28.9 Å². The molecule has 28 heavy (non-hydrogen) atoms. The van der Waals surface area contributed by atoms with Gasteiger partial charge in [-0.15, -0.1) is 0 Å². The molecule has 0 aliphatic heterocycles. The summed E-state index contributed by atoms with van der Waals surface area (Å²) in [5, 5.41) is 0. The predicted molar refractivity (Wildman–Crippen MR) is 109 cm³/mol. The van der Waals surface area contributed by atoms with Crippen LogP contribution in [0.25, 0.3) is 0 Å². The Morgan fingerprint density at radius 1 is 0.679 bits per heavy atom. The van der Waals surface area contributed by atoms with Gasteiger partial charge in [-0.1, -0.05) is 49.2 Å². The molecular formula is C20H26N2O4S2. The van der Waals surface area contributed by atoms with E-state index in [-0.39, 0.29) is 9.79 Å².